The summed E-state index contributed by atoms with van der Waals surface area (Å²) in [6.07, 6.45) is 1.15. The standard InChI is InChI=1S/C34H28N6O4S2/c35-29-23-16-17-36-30(23)39-34(38-29)46-24-19-45-32-26(37-25(41)18-20-10-4-1-5-11-20)31(42)40(32)27(24)33(43)44-28(21-12-6-2-7-13-21)22-14-8-3-9-15-22/h1-17,26,28,32H,18-19H2,(H,37,41)(H3,35,36,38,39)/t26?,32-/m1/s1. The van der Waals surface area contributed by atoms with Gasteiger partial charge in [-0.3, -0.25) is 14.5 Å². The lowest BCUT2D eigenvalue weighted by Crippen LogP contribution is -2.70. The number of aromatic nitrogens is 3. The Morgan fingerprint density at radius 1 is 0.978 bits per heavy atom. The van der Waals surface area contributed by atoms with E-state index in [1.165, 1.54) is 28.4 Å². The Hall–Kier alpha value is -5.07. The number of hydrogen-bond donors (Lipinski definition) is 3. The quantitative estimate of drug-likeness (QED) is 0.116. The van der Waals surface area contributed by atoms with Crippen LogP contribution in [0.1, 0.15) is 22.8 Å². The first-order valence-electron chi connectivity index (χ1n) is 14.6. The summed E-state index contributed by atoms with van der Waals surface area (Å²) in [4.78, 5) is 54.9. The number of nitrogens with two attached hydrogens (primary N) is 1. The van der Waals surface area contributed by atoms with E-state index < -0.39 is 23.5 Å². The number of ether oxygens (including phenoxy) is 1. The lowest BCUT2D eigenvalue weighted by atomic mass is 10.0. The van der Waals surface area contributed by atoms with Gasteiger partial charge in [-0.2, -0.15) is 0 Å². The highest BCUT2D eigenvalue weighted by Gasteiger charge is 2.55. The van der Waals surface area contributed by atoms with Gasteiger partial charge in [0.05, 0.1) is 11.8 Å². The monoisotopic (exact) mass is 648 g/mol. The average molecular weight is 649 g/mol. The summed E-state index contributed by atoms with van der Waals surface area (Å²) < 4.78 is 6.24. The molecule has 5 aromatic rings. The van der Waals surface area contributed by atoms with E-state index in [2.05, 4.69) is 20.3 Å². The molecule has 2 aromatic heterocycles. The molecule has 2 aliphatic rings. The van der Waals surface area contributed by atoms with Gasteiger partial charge < -0.3 is 20.8 Å². The van der Waals surface area contributed by atoms with Crippen LogP contribution in [-0.2, 0) is 25.5 Å². The highest BCUT2D eigenvalue weighted by Crippen LogP contribution is 2.46. The molecular formula is C34H28N6O4S2. The number of hydrogen-bond acceptors (Lipinski definition) is 9. The number of rotatable bonds is 9. The summed E-state index contributed by atoms with van der Waals surface area (Å²) in [7, 11) is 0. The first kappa shape index (κ1) is 29.6. The van der Waals surface area contributed by atoms with Gasteiger partial charge in [0.1, 0.15) is 28.6 Å². The smallest absolute Gasteiger partial charge is 0.356 e. The number of H-pyrrole nitrogens is 1. The van der Waals surface area contributed by atoms with E-state index in [-0.39, 0.29) is 23.9 Å². The van der Waals surface area contributed by atoms with Gasteiger partial charge in [-0.25, -0.2) is 14.8 Å². The molecule has 3 aromatic carbocycles. The molecule has 0 spiro atoms. The summed E-state index contributed by atoms with van der Waals surface area (Å²) in [6.45, 7) is 0. The van der Waals surface area contributed by atoms with Crippen LogP contribution in [0.5, 0.6) is 0 Å². The summed E-state index contributed by atoms with van der Waals surface area (Å²) in [5, 5.41) is 3.41. The van der Waals surface area contributed by atoms with Crippen molar-refractivity contribution in [1.82, 2.24) is 25.2 Å². The molecule has 0 saturated carbocycles. The molecule has 4 N–H and O–H groups in total. The van der Waals surface area contributed by atoms with Crippen LogP contribution in [0.2, 0.25) is 0 Å². The van der Waals surface area contributed by atoms with Crippen molar-refractivity contribution in [1.29, 1.82) is 0 Å². The molecule has 230 valence electrons. The Labute approximate surface area is 272 Å². The van der Waals surface area contributed by atoms with E-state index >= 15 is 0 Å². The van der Waals surface area contributed by atoms with Gasteiger partial charge in [0.25, 0.3) is 5.91 Å². The van der Waals surface area contributed by atoms with Gasteiger partial charge in [-0.1, -0.05) is 103 Å². The fourth-order valence-corrected chi connectivity index (χ4v) is 7.93. The molecule has 2 amide bonds. The van der Waals surface area contributed by atoms with Crippen molar-refractivity contribution in [2.75, 3.05) is 11.5 Å². The molecule has 0 radical (unpaired) electrons. The Kier molecular flexibility index (Phi) is 8.20. The Balaban J connectivity index is 1.21. The maximum absolute atomic E-state index is 14.2. The largest absolute Gasteiger partial charge is 0.448 e. The molecule has 2 aliphatic heterocycles. The maximum Gasteiger partial charge on any atom is 0.356 e. The minimum atomic E-state index is -0.781. The van der Waals surface area contributed by atoms with Gasteiger partial charge in [-0.05, 0) is 22.8 Å². The van der Waals surface area contributed by atoms with Crippen LogP contribution in [0.4, 0.5) is 5.82 Å². The van der Waals surface area contributed by atoms with Crippen molar-refractivity contribution in [3.05, 3.63) is 131 Å². The Bertz CT molecular complexity index is 1910. The summed E-state index contributed by atoms with van der Waals surface area (Å²) in [5.74, 6) is -0.660. The maximum atomic E-state index is 14.2. The van der Waals surface area contributed by atoms with E-state index in [0.29, 0.717) is 32.7 Å². The first-order chi connectivity index (χ1) is 22.5. The number of carbonyl (C=O) groups is 3. The second-order valence-corrected chi connectivity index (χ2v) is 12.9. The van der Waals surface area contributed by atoms with E-state index in [0.717, 1.165) is 16.7 Å². The highest BCUT2D eigenvalue weighted by molar-refractivity contribution is 8.06. The number of anilines is 1. The average Bonchev–Trinajstić information content (AvgIpc) is 3.56. The molecule has 1 unspecified atom stereocenters. The minimum absolute atomic E-state index is 0.109. The van der Waals surface area contributed by atoms with Crippen molar-refractivity contribution in [2.24, 2.45) is 0 Å². The van der Waals surface area contributed by atoms with Crippen molar-refractivity contribution in [3.63, 3.8) is 0 Å². The zero-order chi connectivity index (χ0) is 31.6. The molecule has 1 saturated heterocycles. The number of aromatic amines is 1. The third kappa shape index (κ3) is 5.84. The van der Waals surface area contributed by atoms with Crippen LogP contribution in [-0.4, -0.2) is 54.8 Å². The van der Waals surface area contributed by atoms with Crippen molar-refractivity contribution < 1.29 is 19.1 Å². The predicted octanol–water partition coefficient (Wildman–Crippen LogP) is 4.82. The second kappa shape index (κ2) is 12.7. The van der Waals surface area contributed by atoms with E-state index in [9.17, 15) is 14.4 Å². The Morgan fingerprint density at radius 2 is 1.63 bits per heavy atom. The van der Waals surface area contributed by atoms with Crippen LogP contribution < -0.4 is 11.1 Å². The number of carbonyl (C=O) groups excluding carboxylic acids is 3. The number of amides is 2. The summed E-state index contributed by atoms with van der Waals surface area (Å²) in [6, 6.07) is 29.2. The molecule has 1 fully saturated rings. The predicted molar refractivity (Wildman–Crippen MR) is 177 cm³/mol. The molecule has 7 rings (SSSR count). The molecular weight excluding hydrogens is 621 g/mol. The number of nitrogen functional groups attached to an aromatic ring is 1. The molecule has 2 atom stereocenters. The van der Waals surface area contributed by atoms with Crippen molar-refractivity contribution in [2.45, 2.75) is 29.1 Å². The molecule has 10 nitrogen and oxygen atoms in total. The first-order valence-corrected chi connectivity index (χ1v) is 16.4. The SMILES string of the molecule is Nc1nc(SC2=C(C(=O)OC(c3ccccc3)c3ccccc3)N3C(=O)C(NC(=O)Cc4ccccc4)[C@H]3SC2)nc2[nH]ccc12. The number of thioether (sulfide) groups is 2. The van der Waals surface area contributed by atoms with Crippen LogP contribution in [0, 0.1) is 0 Å². The number of fused-ring (bicyclic) bond motifs is 2. The molecule has 0 aliphatic carbocycles. The van der Waals surface area contributed by atoms with Gasteiger partial charge in [0.15, 0.2) is 11.3 Å². The van der Waals surface area contributed by atoms with Crippen LogP contribution in [0.25, 0.3) is 11.0 Å². The fraction of sp³-hybridized carbons (Fsp3) is 0.147. The van der Waals surface area contributed by atoms with Gasteiger partial charge in [0.2, 0.25) is 5.91 Å². The third-order valence-electron chi connectivity index (χ3n) is 7.72. The van der Waals surface area contributed by atoms with Crippen molar-refractivity contribution in [3.8, 4) is 0 Å². The summed E-state index contributed by atoms with van der Waals surface area (Å²) in [5.41, 5.74) is 9.28. The van der Waals surface area contributed by atoms with Crippen molar-refractivity contribution >= 4 is 58.2 Å². The summed E-state index contributed by atoms with van der Waals surface area (Å²) >= 11 is 2.62. The molecule has 12 heteroatoms. The van der Waals surface area contributed by atoms with Crippen LogP contribution in [0.3, 0.4) is 0 Å². The van der Waals surface area contributed by atoms with E-state index in [4.69, 9.17) is 10.5 Å². The zero-order valence-corrected chi connectivity index (χ0v) is 26.0. The second-order valence-electron chi connectivity index (χ2n) is 10.7. The zero-order valence-electron chi connectivity index (χ0n) is 24.3. The fourth-order valence-electron chi connectivity index (χ4n) is 5.51. The molecule has 4 heterocycles. The Morgan fingerprint density at radius 3 is 2.30 bits per heavy atom. The van der Waals surface area contributed by atoms with Crippen LogP contribution in [0.15, 0.2) is 119 Å². The number of nitrogens with zero attached hydrogens (tertiary/aromatic N) is 3. The number of nitrogens with one attached hydrogen (secondary N) is 2. The lowest BCUT2D eigenvalue weighted by molar-refractivity contribution is -0.154. The van der Waals surface area contributed by atoms with Gasteiger partial charge in [-0.15, -0.1) is 11.8 Å². The van der Waals surface area contributed by atoms with Gasteiger partial charge >= 0.3 is 5.97 Å². The molecule has 0 bridgehead atoms. The van der Waals surface area contributed by atoms with Crippen LogP contribution >= 0.6 is 23.5 Å². The van der Waals surface area contributed by atoms with E-state index in [1.54, 1.807) is 12.3 Å². The minimum Gasteiger partial charge on any atom is -0.448 e. The molecule has 46 heavy (non-hydrogen) atoms. The highest BCUT2D eigenvalue weighted by atomic mass is 32.2. The topological polar surface area (TPSA) is 143 Å². The number of benzene rings is 3. The number of esters is 1. The lowest BCUT2D eigenvalue weighted by Gasteiger charge is -2.49. The number of β-lactam (4-membered cyclic amide) rings is 1. The van der Waals surface area contributed by atoms with E-state index in [1.807, 2.05) is 91.0 Å². The normalized spacial score (nSPS) is 17.5. The van der Waals surface area contributed by atoms with Gasteiger partial charge in [0, 0.05) is 16.9 Å². The third-order valence-corrected chi connectivity index (χ3v) is 10.1.